The minimum atomic E-state index is -1.19. The Hall–Kier alpha value is -2.45. The van der Waals surface area contributed by atoms with Crippen molar-refractivity contribution in [1.29, 1.82) is 0 Å². The molecule has 19 heavy (non-hydrogen) atoms. The molecule has 0 spiro atoms. The van der Waals surface area contributed by atoms with E-state index in [2.05, 4.69) is 15.5 Å². The maximum absolute atomic E-state index is 11.8. The van der Waals surface area contributed by atoms with Gasteiger partial charge in [-0.3, -0.25) is 20.0 Å². The molecule has 0 aliphatic heterocycles. The zero-order chi connectivity index (χ0) is 14.6. The molecule has 104 valence electrons. The van der Waals surface area contributed by atoms with Crippen LogP contribution in [0, 0.1) is 16.0 Å². The minimum absolute atomic E-state index is 0.0538. The molecule has 0 saturated heterocycles. The van der Waals surface area contributed by atoms with E-state index in [-0.39, 0.29) is 18.0 Å². The first-order chi connectivity index (χ1) is 8.82. The van der Waals surface area contributed by atoms with Crippen molar-refractivity contribution < 1.29 is 19.6 Å². The normalized spacial score (nSPS) is 12.2. The fourth-order valence-corrected chi connectivity index (χ4v) is 1.51. The number of nitrogens with zero attached hydrogens (tertiary/aromatic N) is 2. The van der Waals surface area contributed by atoms with E-state index in [0.29, 0.717) is 0 Å². The van der Waals surface area contributed by atoms with Crippen molar-refractivity contribution in [1.82, 2.24) is 15.5 Å². The summed E-state index contributed by atoms with van der Waals surface area (Å²) in [6, 6.07) is -1.10. The van der Waals surface area contributed by atoms with Gasteiger partial charge < -0.3 is 10.4 Å². The average molecular weight is 270 g/mol. The van der Waals surface area contributed by atoms with Crippen LogP contribution in [-0.2, 0) is 4.79 Å². The first-order valence-corrected chi connectivity index (χ1v) is 5.54. The highest BCUT2D eigenvalue weighted by Gasteiger charge is 2.27. The summed E-state index contributed by atoms with van der Waals surface area (Å²) in [5.41, 5.74) is -0.855. The highest BCUT2D eigenvalue weighted by molar-refractivity contribution is 5.98. The molecular weight excluding hydrogens is 256 g/mol. The van der Waals surface area contributed by atoms with E-state index in [4.69, 9.17) is 5.11 Å². The summed E-state index contributed by atoms with van der Waals surface area (Å²) < 4.78 is 0. The van der Waals surface area contributed by atoms with Crippen LogP contribution in [0.5, 0.6) is 0 Å². The van der Waals surface area contributed by atoms with Crippen molar-refractivity contribution in [2.75, 3.05) is 0 Å². The third-order valence-electron chi connectivity index (χ3n) is 2.35. The van der Waals surface area contributed by atoms with Crippen molar-refractivity contribution in [2.24, 2.45) is 5.92 Å². The fourth-order valence-electron chi connectivity index (χ4n) is 1.51. The number of aromatic amines is 1. The van der Waals surface area contributed by atoms with Gasteiger partial charge in [0.25, 0.3) is 5.91 Å². The van der Waals surface area contributed by atoms with Crippen LogP contribution < -0.4 is 5.32 Å². The largest absolute Gasteiger partial charge is 0.480 e. The molecule has 0 aromatic carbocycles. The van der Waals surface area contributed by atoms with E-state index < -0.39 is 28.5 Å². The molecule has 0 unspecified atom stereocenters. The summed E-state index contributed by atoms with van der Waals surface area (Å²) in [5, 5.41) is 27.4. The first kappa shape index (κ1) is 14.6. The SMILES string of the molecule is CC(C)C[C@H](NC(=O)c1[nH]ncc1[N+](=O)[O-])C(=O)O. The predicted molar refractivity (Wildman–Crippen MR) is 63.6 cm³/mol. The van der Waals surface area contributed by atoms with E-state index in [1.165, 1.54) is 0 Å². The second-order valence-corrected chi connectivity index (χ2v) is 4.38. The van der Waals surface area contributed by atoms with Gasteiger partial charge in [0, 0.05) is 0 Å². The highest BCUT2D eigenvalue weighted by Crippen LogP contribution is 2.15. The molecule has 1 rings (SSSR count). The van der Waals surface area contributed by atoms with Gasteiger partial charge in [0.1, 0.15) is 12.2 Å². The van der Waals surface area contributed by atoms with E-state index >= 15 is 0 Å². The van der Waals surface area contributed by atoms with Crippen molar-refractivity contribution in [2.45, 2.75) is 26.3 Å². The van der Waals surface area contributed by atoms with Gasteiger partial charge in [-0.25, -0.2) is 4.79 Å². The number of H-pyrrole nitrogens is 1. The molecule has 9 heteroatoms. The number of hydrogen-bond acceptors (Lipinski definition) is 5. The number of nitrogens with one attached hydrogen (secondary N) is 2. The lowest BCUT2D eigenvalue weighted by atomic mass is 10.0. The second-order valence-electron chi connectivity index (χ2n) is 4.38. The van der Waals surface area contributed by atoms with Crippen LogP contribution in [0.3, 0.4) is 0 Å². The zero-order valence-corrected chi connectivity index (χ0v) is 10.4. The lowest BCUT2D eigenvalue weighted by molar-refractivity contribution is -0.385. The van der Waals surface area contributed by atoms with Gasteiger partial charge in [-0.2, -0.15) is 5.10 Å². The van der Waals surface area contributed by atoms with Crippen LogP contribution >= 0.6 is 0 Å². The van der Waals surface area contributed by atoms with Gasteiger partial charge >= 0.3 is 11.7 Å². The highest BCUT2D eigenvalue weighted by atomic mass is 16.6. The molecule has 0 aliphatic rings. The summed E-state index contributed by atoms with van der Waals surface area (Å²) in [6.45, 7) is 3.61. The topological polar surface area (TPSA) is 138 Å². The molecule has 1 atom stereocenters. The Bertz CT molecular complexity index is 496. The Balaban J connectivity index is 2.85. The van der Waals surface area contributed by atoms with Crippen LogP contribution in [-0.4, -0.2) is 38.1 Å². The lowest BCUT2D eigenvalue weighted by Gasteiger charge is -2.15. The zero-order valence-electron chi connectivity index (χ0n) is 10.4. The number of rotatable bonds is 6. The number of amides is 1. The Morgan fingerprint density at radius 1 is 1.58 bits per heavy atom. The number of aliphatic carboxylic acids is 1. The summed E-state index contributed by atoms with van der Waals surface area (Å²) in [4.78, 5) is 32.6. The molecule has 1 aromatic heterocycles. The van der Waals surface area contributed by atoms with Gasteiger partial charge in [0.05, 0.1) is 4.92 Å². The quantitative estimate of drug-likeness (QED) is 0.509. The van der Waals surface area contributed by atoms with Crippen molar-refractivity contribution in [3.63, 3.8) is 0 Å². The number of carbonyl (C=O) groups is 2. The van der Waals surface area contributed by atoms with E-state index in [9.17, 15) is 19.7 Å². The Labute approximate surface area is 108 Å². The van der Waals surface area contributed by atoms with Crippen molar-refractivity contribution >= 4 is 17.6 Å². The Kier molecular flexibility index (Phi) is 4.56. The van der Waals surface area contributed by atoms with Gasteiger partial charge in [-0.1, -0.05) is 13.8 Å². The predicted octanol–water partition coefficient (Wildman–Crippen LogP) is 0.547. The maximum atomic E-state index is 11.8. The number of aromatic nitrogens is 2. The fraction of sp³-hybridized carbons (Fsp3) is 0.500. The van der Waals surface area contributed by atoms with E-state index in [0.717, 1.165) is 6.20 Å². The molecular formula is C10H14N4O5. The van der Waals surface area contributed by atoms with Gasteiger partial charge in [-0.05, 0) is 12.3 Å². The lowest BCUT2D eigenvalue weighted by Crippen LogP contribution is -2.41. The Morgan fingerprint density at radius 3 is 2.68 bits per heavy atom. The monoisotopic (exact) mass is 270 g/mol. The molecule has 0 bridgehead atoms. The minimum Gasteiger partial charge on any atom is -0.480 e. The molecule has 9 nitrogen and oxygen atoms in total. The van der Waals surface area contributed by atoms with Crippen LogP contribution in [0.15, 0.2) is 6.20 Å². The third-order valence-corrected chi connectivity index (χ3v) is 2.35. The summed E-state index contributed by atoms with van der Waals surface area (Å²) >= 11 is 0. The standard InChI is InChI=1S/C10H14N4O5/c1-5(2)3-6(10(16)17)12-9(15)8-7(14(18)19)4-11-13-8/h4-6H,3H2,1-2H3,(H,11,13)(H,12,15)(H,16,17)/t6-/m0/s1. The van der Waals surface area contributed by atoms with Crippen LogP contribution in [0.2, 0.25) is 0 Å². The first-order valence-electron chi connectivity index (χ1n) is 5.54. The summed E-state index contributed by atoms with van der Waals surface area (Å²) in [5.74, 6) is -2.00. The number of carbonyl (C=O) groups excluding carboxylic acids is 1. The summed E-state index contributed by atoms with van der Waals surface area (Å²) in [6.07, 6.45) is 1.12. The van der Waals surface area contributed by atoms with Crippen LogP contribution in [0.1, 0.15) is 30.8 Å². The molecule has 0 aliphatic carbocycles. The third kappa shape index (κ3) is 3.76. The number of carboxylic acid groups (broad SMARTS) is 1. The molecule has 1 amide bonds. The second kappa shape index (κ2) is 5.94. The summed E-state index contributed by atoms with van der Waals surface area (Å²) in [7, 11) is 0. The molecule has 1 heterocycles. The molecule has 1 aromatic rings. The smallest absolute Gasteiger partial charge is 0.326 e. The van der Waals surface area contributed by atoms with Gasteiger partial charge in [0.15, 0.2) is 0 Å². The van der Waals surface area contributed by atoms with Gasteiger partial charge in [-0.15, -0.1) is 0 Å². The number of hydrogen-bond donors (Lipinski definition) is 3. The van der Waals surface area contributed by atoms with Crippen molar-refractivity contribution in [3.8, 4) is 0 Å². The van der Waals surface area contributed by atoms with Gasteiger partial charge in [0.2, 0.25) is 5.69 Å². The van der Waals surface area contributed by atoms with Crippen molar-refractivity contribution in [3.05, 3.63) is 22.0 Å². The van der Waals surface area contributed by atoms with Crippen LogP contribution in [0.4, 0.5) is 5.69 Å². The Morgan fingerprint density at radius 2 is 2.21 bits per heavy atom. The molecule has 0 fully saturated rings. The average Bonchev–Trinajstić information content (AvgIpc) is 2.76. The van der Waals surface area contributed by atoms with Crippen LogP contribution in [0.25, 0.3) is 0 Å². The molecule has 0 saturated carbocycles. The van der Waals surface area contributed by atoms with E-state index in [1.54, 1.807) is 13.8 Å². The van der Waals surface area contributed by atoms with E-state index in [1.807, 2.05) is 0 Å². The maximum Gasteiger partial charge on any atom is 0.326 e. The molecule has 0 radical (unpaired) electrons. The number of carboxylic acids is 1. The number of nitro groups is 1. The molecule has 3 N–H and O–H groups in total.